The molecule has 4 rings (SSSR count). The van der Waals surface area contributed by atoms with Gasteiger partial charge in [0, 0.05) is 11.4 Å². The minimum Gasteiger partial charge on any atom is -0.435 e. The van der Waals surface area contributed by atoms with Crippen LogP contribution in [0.25, 0.3) is 15.8 Å². The summed E-state index contributed by atoms with van der Waals surface area (Å²) >= 11 is 2.58. The number of aromatic nitrogens is 1. The molecule has 6 nitrogen and oxygen atoms in total. The summed E-state index contributed by atoms with van der Waals surface area (Å²) in [6.07, 6.45) is 0. The van der Waals surface area contributed by atoms with Crippen molar-refractivity contribution in [1.29, 1.82) is 5.26 Å². The predicted molar refractivity (Wildman–Crippen MR) is 141 cm³/mol. The summed E-state index contributed by atoms with van der Waals surface area (Å²) in [4.78, 5) is 17.2. The summed E-state index contributed by atoms with van der Waals surface area (Å²) in [5.41, 5.74) is 3.43. The smallest absolute Gasteiger partial charge is 0.387 e. The number of thioether (sulfide) groups is 1. The van der Waals surface area contributed by atoms with Gasteiger partial charge in [-0.2, -0.15) is 14.0 Å². The van der Waals surface area contributed by atoms with Gasteiger partial charge in [-0.1, -0.05) is 41.6 Å². The van der Waals surface area contributed by atoms with Crippen LogP contribution in [0.15, 0.2) is 77.8 Å². The van der Waals surface area contributed by atoms with Crippen LogP contribution in [0.3, 0.4) is 0 Å². The Bertz CT molecular complexity index is 1400. The SMILES string of the molecule is Cc1ccc(NC(SCC(=O)Nc2ccc(OC(F)F)cc2)=C(C#N)c2nc3ccccc3s2)cc1. The summed E-state index contributed by atoms with van der Waals surface area (Å²) in [5.74, 6) is -0.328. The van der Waals surface area contributed by atoms with E-state index in [1.54, 1.807) is 0 Å². The van der Waals surface area contributed by atoms with Crippen LogP contribution in [-0.2, 0) is 4.79 Å². The van der Waals surface area contributed by atoms with Gasteiger partial charge in [0.2, 0.25) is 5.91 Å². The number of hydrogen-bond acceptors (Lipinski definition) is 7. The molecule has 10 heteroatoms. The fourth-order valence-electron chi connectivity index (χ4n) is 3.17. The fraction of sp³-hybridized carbons (Fsp3) is 0.115. The zero-order valence-corrected chi connectivity index (χ0v) is 20.6. The van der Waals surface area contributed by atoms with E-state index in [4.69, 9.17) is 0 Å². The highest BCUT2D eigenvalue weighted by Gasteiger charge is 2.17. The Labute approximate surface area is 214 Å². The molecular formula is C26H20F2N4O2S2. The summed E-state index contributed by atoms with van der Waals surface area (Å²) in [6, 6.07) is 23.2. The highest BCUT2D eigenvalue weighted by Crippen LogP contribution is 2.33. The summed E-state index contributed by atoms with van der Waals surface area (Å²) in [5, 5.41) is 17.1. The monoisotopic (exact) mass is 522 g/mol. The highest BCUT2D eigenvalue weighted by molar-refractivity contribution is 8.04. The number of benzene rings is 3. The minimum atomic E-state index is -2.92. The summed E-state index contributed by atoms with van der Waals surface area (Å²) in [6.45, 7) is -0.939. The van der Waals surface area contributed by atoms with Crippen molar-refractivity contribution in [3.8, 4) is 11.8 Å². The van der Waals surface area contributed by atoms with Crippen molar-refractivity contribution in [2.24, 2.45) is 0 Å². The van der Waals surface area contributed by atoms with E-state index in [9.17, 15) is 18.8 Å². The maximum atomic E-state index is 12.6. The van der Waals surface area contributed by atoms with Crippen molar-refractivity contribution in [3.05, 3.63) is 88.4 Å². The first-order valence-electron chi connectivity index (χ1n) is 10.7. The van der Waals surface area contributed by atoms with Crippen molar-refractivity contribution in [2.45, 2.75) is 13.5 Å². The molecule has 3 aromatic carbocycles. The van der Waals surface area contributed by atoms with Gasteiger partial charge in [0.15, 0.2) is 0 Å². The van der Waals surface area contributed by atoms with Crippen LogP contribution < -0.4 is 15.4 Å². The first kappa shape index (κ1) is 25.2. The number of para-hydroxylation sites is 1. The molecular weight excluding hydrogens is 502 g/mol. The lowest BCUT2D eigenvalue weighted by atomic mass is 10.2. The number of amides is 1. The first-order chi connectivity index (χ1) is 17.4. The molecule has 4 aromatic rings. The van der Waals surface area contributed by atoms with Crippen LogP contribution in [0.4, 0.5) is 20.2 Å². The molecule has 0 aliphatic carbocycles. The second kappa shape index (κ2) is 11.7. The lowest BCUT2D eigenvalue weighted by Crippen LogP contribution is -2.15. The average molecular weight is 523 g/mol. The number of hydrogen-bond donors (Lipinski definition) is 2. The molecule has 0 aliphatic heterocycles. The number of thiazole rings is 1. The third kappa shape index (κ3) is 6.59. The zero-order chi connectivity index (χ0) is 25.5. The number of aryl methyl sites for hydroxylation is 1. The Balaban J connectivity index is 1.55. The summed E-state index contributed by atoms with van der Waals surface area (Å²) in [7, 11) is 0. The number of halogens is 2. The van der Waals surface area contributed by atoms with Gasteiger partial charge in [0.25, 0.3) is 0 Å². The second-order valence-corrected chi connectivity index (χ2v) is 9.55. The molecule has 0 aliphatic rings. The number of nitrogens with zero attached hydrogens (tertiary/aromatic N) is 2. The van der Waals surface area contributed by atoms with Crippen molar-refractivity contribution in [3.63, 3.8) is 0 Å². The Morgan fingerprint density at radius 1 is 1.06 bits per heavy atom. The van der Waals surface area contributed by atoms with Gasteiger partial charge in [0.05, 0.1) is 21.0 Å². The van der Waals surface area contributed by atoms with E-state index in [2.05, 4.69) is 26.4 Å². The lowest BCUT2D eigenvalue weighted by Gasteiger charge is -2.13. The largest absolute Gasteiger partial charge is 0.435 e. The molecule has 1 aromatic heterocycles. The quantitative estimate of drug-likeness (QED) is 0.233. The molecule has 0 unspecified atom stereocenters. The maximum Gasteiger partial charge on any atom is 0.387 e. The molecule has 0 radical (unpaired) electrons. The van der Waals surface area contributed by atoms with Gasteiger partial charge >= 0.3 is 6.61 Å². The molecule has 0 atom stereocenters. The number of fused-ring (bicyclic) bond motifs is 1. The number of alkyl halides is 2. The number of allylic oxidation sites excluding steroid dienone is 1. The van der Waals surface area contributed by atoms with Crippen LogP contribution >= 0.6 is 23.1 Å². The Morgan fingerprint density at radius 3 is 2.39 bits per heavy atom. The van der Waals surface area contributed by atoms with E-state index >= 15 is 0 Å². The molecule has 1 heterocycles. The number of carbonyl (C=O) groups is 1. The molecule has 182 valence electrons. The van der Waals surface area contributed by atoms with Crippen LogP contribution in [-0.4, -0.2) is 23.3 Å². The third-order valence-electron chi connectivity index (χ3n) is 4.87. The molecule has 0 saturated carbocycles. The number of nitriles is 1. The van der Waals surface area contributed by atoms with Gasteiger partial charge in [-0.15, -0.1) is 11.3 Å². The fourth-order valence-corrected chi connectivity index (χ4v) is 5.02. The van der Waals surface area contributed by atoms with Gasteiger partial charge in [-0.3, -0.25) is 4.79 Å². The minimum absolute atomic E-state index is 0.000441. The van der Waals surface area contributed by atoms with Crippen LogP contribution in [0.2, 0.25) is 0 Å². The van der Waals surface area contributed by atoms with Gasteiger partial charge in [0.1, 0.15) is 22.4 Å². The van der Waals surface area contributed by atoms with Crippen molar-refractivity contribution >= 4 is 56.2 Å². The lowest BCUT2D eigenvalue weighted by molar-refractivity contribution is -0.113. The molecule has 0 spiro atoms. The number of nitrogens with one attached hydrogen (secondary N) is 2. The normalized spacial score (nSPS) is 11.6. The predicted octanol–water partition coefficient (Wildman–Crippen LogP) is 6.88. The molecule has 36 heavy (non-hydrogen) atoms. The molecule has 2 N–H and O–H groups in total. The van der Waals surface area contributed by atoms with Crippen LogP contribution in [0.1, 0.15) is 10.6 Å². The molecule has 0 fully saturated rings. The third-order valence-corrected chi connectivity index (χ3v) is 6.92. The number of ether oxygens (including phenoxy) is 1. The Morgan fingerprint density at radius 2 is 1.72 bits per heavy atom. The van der Waals surface area contributed by atoms with Gasteiger partial charge in [-0.05, 0) is 55.5 Å². The Hall–Kier alpha value is -3.94. The molecule has 0 bridgehead atoms. The maximum absolute atomic E-state index is 12.6. The van der Waals surface area contributed by atoms with E-state index in [0.29, 0.717) is 21.3 Å². The van der Waals surface area contributed by atoms with Crippen molar-refractivity contribution in [2.75, 3.05) is 16.4 Å². The standard InChI is InChI=1S/C26H20F2N4O2S2/c1-16-6-8-18(9-7-16)31-24(20(14-29)25-32-21-4-2-3-5-22(21)36-25)35-15-23(33)30-17-10-12-19(13-11-17)34-26(27)28/h2-13,26,31H,15H2,1H3,(H,30,33). The number of rotatable bonds is 9. The van der Waals surface area contributed by atoms with Crippen LogP contribution in [0.5, 0.6) is 5.75 Å². The average Bonchev–Trinajstić information content (AvgIpc) is 3.29. The van der Waals surface area contributed by atoms with Gasteiger partial charge in [-0.25, -0.2) is 4.98 Å². The second-order valence-electron chi connectivity index (χ2n) is 7.53. The van der Waals surface area contributed by atoms with Gasteiger partial charge < -0.3 is 15.4 Å². The van der Waals surface area contributed by atoms with E-state index in [-0.39, 0.29) is 17.4 Å². The van der Waals surface area contributed by atoms with E-state index < -0.39 is 6.61 Å². The molecule has 1 amide bonds. The Kier molecular flexibility index (Phi) is 8.15. The van der Waals surface area contributed by atoms with Crippen molar-refractivity contribution < 1.29 is 18.3 Å². The van der Waals surface area contributed by atoms with E-state index in [1.807, 2.05) is 55.5 Å². The highest BCUT2D eigenvalue weighted by atomic mass is 32.2. The zero-order valence-electron chi connectivity index (χ0n) is 19.0. The van der Waals surface area contributed by atoms with E-state index in [0.717, 1.165) is 21.5 Å². The summed E-state index contributed by atoms with van der Waals surface area (Å²) < 4.78 is 29.9. The number of anilines is 2. The topological polar surface area (TPSA) is 87.0 Å². The van der Waals surface area contributed by atoms with Crippen LogP contribution in [0, 0.1) is 18.3 Å². The van der Waals surface area contributed by atoms with Crippen molar-refractivity contribution in [1.82, 2.24) is 4.98 Å². The first-order valence-corrected chi connectivity index (χ1v) is 12.5. The molecule has 0 saturated heterocycles. The van der Waals surface area contributed by atoms with E-state index in [1.165, 1.54) is 47.4 Å². The number of carbonyl (C=O) groups excluding carboxylic acids is 1.